The Balaban J connectivity index is 2.43. The summed E-state index contributed by atoms with van der Waals surface area (Å²) in [5.41, 5.74) is 2.58. The second kappa shape index (κ2) is 4.33. The number of halogens is 1. The molecule has 1 aromatic heterocycles. The number of hydrogen-bond acceptors (Lipinski definition) is 2. The van der Waals surface area contributed by atoms with Crippen molar-refractivity contribution in [1.82, 2.24) is 9.55 Å². The van der Waals surface area contributed by atoms with Gasteiger partial charge < -0.3 is 4.57 Å². The number of hydrogen-bond donors (Lipinski definition) is 0. The molecule has 0 aliphatic rings. The Morgan fingerprint density at radius 1 is 1.47 bits per heavy atom. The number of nitrogens with zero attached hydrogens (tertiary/aromatic N) is 3. The smallest absolute Gasteiger partial charge is 0.0992 e. The number of imidazole rings is 1. The van der Waals surface area contributed by atoms with Crippen molar-refractivity contribution in [3.8, 4) is 6.07 Å². The SMILES string of the molecule is N#Cc1ccc2ncn(CCCCl)c2c1. The molecule has 1 heterocycles. The molecule has 3 nitrogen and oxygen atoms in total. The highest BCUT2D eigenvalue weighted by Crippen LogP contribution is 2.15. The lowest BCUT2D eigenvalue weighted by atomic mass is 10.2. The lowest BCUT2D eigenvalue weighted by Gasteiger charge is -2.01. The predicted octanol–water partition coefficient (Wildman–Crippen LogP) is 2.54. The van der Waals surface area contributed by atoms with E-state index < -0.39 is 0 Å². The first kappa shape index (κ1) is 10.0. The van der Waals surface area contributed by atoms with Crippen LogP contribution in [0, 0.1) is 11.3 Å². The Morgan fingerprint density at radius 2 is 2.33 bits per heavy atom. The van der Waals surface area contributed by atoms with E-state index in [0.29, 0.717) is 11.4 Å². The molecule has 15 heavy (non-hydrogen) atoms. The van der Waals surface area contributed by atoms with Gasteiger partial charge in [0.15, 0.2) is 0 Å². The molecule has 0 radical (unpaired) electrons. The highest BCUT2D eigenvalue weighted by Gasteiger charge is 2.02. The Bertz CT molecular complexity index is 510. The average Bonchev–Trinajstić information content (AvgIpc) is 2.68. The molecule has 76 valence electrons. The first-order valence-electron chi connectivity index (χ1n) is 4.76. The number of benzene rings is 1. The number of alkyl halides is 1. The number of aryl methyl sites for hydroxylation is 1. The van der Waals surface area contributed by atoms with Crippen molar-refractivity contribution in [1.29, 1.82) is 5.26 Å². The summed E-state index contributed by atoms with van der Waals surface area (Å²) in [5.74, 6) is 0.637. The largest absolute Gasteiger partial charge is 0.331 e. The summed E-state index contributed by atoms with van der Waals surface area (Å²) >= 11 is 5.64. The molecule has 0 amide bonds. The molecule has 0 spiro atoms. The molecule has 0 unspecified atom stereocenters. The molecule has 1 aromatic carbocycles. The molecule has 2 rings (SSSR count). The Labute approximate surface area is 92.9 Å². The fourth-order valence-corrected chi connectivity index (χ4v) is 1.65. The van der Waals surface area contributed by atoms with E-state index in [0.717, 1.165) is 24.0 Å². The van der Waals surface area contributed by atoms with Gasteiger partial charge in [-0.25, -0.2) is 4.98 Å². The summed E-state index contributed by atoms with van der Waals surface area (Å²) in [6.07, 6.45) is 2.70. The summed E-state index contributed by atoms with van der Waals surface area (Å²) in [6.45, 7) is 0.842. The minimum Gasteiger partial charge on any atom is -0.331 e. The Kier molecular flexibility index (Phi) is 2.89. The molecule has 0 bridgehead atoms. The van der Waals surface area contributed by atoms with E-state index in [-0.39, 0.29) is 0 Å². The van der Waals surface area contributed by atoms with Crippen LogP contribution in [0.4, 0.5) is 0 Å². The highest BCUT2D eigenvalue weighted by molar-refractivity contribution is 6.17. The number of fused-ring (bicyclic) bond motifs is 1. The van der Waals surface area contributed by atoms with Crippen LogP contribution in [-0.4, -0.2) is 15.4 Å². The molecule has 2 aromatic rings. The zero-order valence-corrected chi connectivity index (χ0v) is 8.91. The van der Waals surface area contributed by atoms with Crippen molar-refractivity contribution in [2.24, 2.45) is 0 Å². The third-order valence-electron chi connectivity index (χ3n) is 2.28. The van der Waals surface area contributed by atoms with Crippen LogP contribution < -0.4 is 0 Å². The lowest BCUT2D eigenvalue weighted by molar-refractivity contribution is 0.700. The van der Waals surface area contributed by atoms with E-state index >= 15 is 0 Å². The fourth-order valence-electron chi connectivity index (χ4n) is 1.53. The lowest BCUT2D eigenvalue weighted by Crippen LogP contribution is -1.96. The van der Waals surface area contributed by atoms with Gasteiger partial charge in [0.25, 0.3) is 0 Å². The summed E-state index contributed by atoms with van der Waals surface area (Å²) in [4.78, 5) is 4.26. The maximum absolute atomic E-state index is 8.80. The minimum atomic E-state index is 0.637. The van der Waals surface area contributed by atoms with E-state index in [2.05, 4.69) is 11.1 Å². The van der Waals surface area contributed by atoms with Gasteiger partial charge in [-0.1, -0.05) is 0 Å². The molecule has 4 heteroatoms. The monoisotopic (exact) mass is 219 g/mol. The standard InChI is InChI=1S/C11H10ClN3/c12-4-1-5-15-8-14-10-3-2-9(7-13)6-11(10)15/h2-3,6,8H,1,4-5H2. The second-order valence-electron chi connectivity index (χ2n) is 3.30. The summed E-state index contributed by atoms with van der Waals surface area (Å²) in [5, 5.41) is 8.80. The van der Waals surface area contributed by atoms with Crippen LogP contribution in [0.15, 0.2) is 24.5 Å². The fraction of sp³-hybridized carbons (Fsp3) is 0.273. The van der Waals surface area contributed by atoms with Gasteiger partial charge in [0.1, 0.15) is 0 Å². The number of nitriles is 1. The van der Waals surface area contributed by atoms with Gasteiger partial charge in [-0.05, 0) is 24.6 Å². The molecular formula is C11H10ClN3. The van der Waals surface area contributed by atoms with E-state index in [4.69, 9.17) is 16.9 Å². The van der Waals surface area contributed by atoms with Gasteiger partial charge in [-0.2, -0.15) is 5.26 Å². The van der Waals surface area contributed by atoms with Crippen LogP contribution in [0.25, 0.3) is 11.0 Å². The first-order valence-corrected chi connectivity index (χ1v) is 5.29. The van der Waals surface area contributed by atoms with E-state index in [1.54, 1.807) is 12.4 Å². The van der Waals surface area contributed by atoms with Crippen LogP contribution in [0.2, 0.25) is 0 Å². The van der Waals surface area contributed by atoms with Crippen molar-refractivity contribution in [3.63, 3.8) is 0 Å². The van der Waals surface area contributed by atoms with Crippen LogP contribution in [0.1, 0.15) is 12.0 Å². The van der Waals surface area contributed by atoms with Crippen molar-refractivity contribution in [3.05, 3.63) is 30.1 Å². The van der Waals surface area contributed by atoms with Gasteiger partial charge in [-0.3, -0.25) is 0 Å². The van der Waals surface area contributed by atoms with Crippen molar-refractivity contribution < 1.29 is 0 Å². The molecule has 0 saturated heterocycles. The Morgan fingerprint density at radius 3 is 3.07 bits per heavy atom. The van der Waals surface area contributed by atoms with Crippen LogP contribution >= 0.6 is 11.6 Å². The number of rotatable bonds is 3. The quantitative estimate of drug-likeness (QED) is 0.745. The predicted molar refractivity (Wildman–Crippen MR) is 59.8 cm³/mol. The van der Waals surface area contributed by atoms with Crippen LogP contribution in [0.5, 0.6) is 0 Å². The summed E-state index contributed by atoms with van der Waals surface area (Å²) < 4.78 is 2.03. The molecule has 0 fully saturated rings. The van der Waals surface area contributed by atoms with E-state index in [1.807, 2.05) is 16.7 Å². The Hall–Kier alpha value is -1.53. The van der Waals surface area contributed by atoms with Crippen molar-refractivity contribution in [2.45, 2.75) is 13.0 Å². The van der Waals surface area contributed by atoms with Gasteiger partial charge in [-0.15, -0.1) is 11.6 Å². The van der Waals surface area contributed by atoms with Crippen LogP contribution in [0.3, 0.4) is 0 Å². The topological polar surface area (TPSA) is 41.6 Å². The van der Waals surface area contributed by atoms with Crippen molar-refractivity contribution >= 4 is 22.6 Å². The molecular weight excluding hydrogens is 210 g/mol. The molecule has 0 N–H and O–H groups in total. The first-order chi connectivity index (χ1) is 7.35. The average molecular weight is 220 g/mol. The van der Waals surface area contributed by atoms with E-state index in [9.17, 15) is 0 Å². The molecule has 0 atom stereocenters. The minimum absolute atomic E-state index is 0.637. The van der Waals surface area contributed by atoms with Gasteiger partial charge in [0.2, 0.25) is 0 Å². The summed E-state index contributed by atoms with van der Waals surface area (Å²) in [6, 6.07) is 7.63. The van der Waals surface area contributed by atoms with E-state index in [1.165, 1.54) is 0 Å². The van der Waals surface area contributed by atoms with Crippen molar-refractivity contribution in [2.75, 3.05) is 5.88 Å². The number of aromatic nitrogens is 2. The van der Waals surface area contributed by atoms with Gasteiger partial charge >= 0.3 is 0 Å². The molecule has 0 aliphatic heterocycles. The maximum Gasteiger partial charge on any atom is 0.0992 e. The third-order valence-corrected chi connectivity index (χ3v) is 2.55. The third kappa shape index (κ3) is 1.95. The normalized spacial score (nSPS) is 10.4. The molecule has 0 saturated carbocycles. The summed E-state index contributed by atoms with van der Waals surface area (Å²) in [7, 11) is 0. The van der Waals surface area contributed by atoms with Gasteiger partial charge in [0.05, 0.1) is 29.0 Å². The zero-order chi connectivity index (χ0) is 10.7. The zero-order valence-electron chi connectivity index (χ0n) is 8.15. The molecule has 0 aliphatic carbocycles. The highest BCUT2D eigenvalue weighted by atomic mass is 35.5. The van der Waals surface area contributed by atoms with Crippen LogP contribution in [-0.2, 0) is 6.54 Å². The second-order valence-corrected chi connectivity index (χ2v) is 3.67. The van der Waals surface area contributed by atoms with Gasteiger partial charge in [0, 0.05) is 12.4 Å². The maximum atomic E-state index is 8.80.